The molecule has 2 unspecified atom stereocenters. The van der Waals surface area contributed by atoms with Crippen LogP contribution in [-0.2, 0) is 0 Å². The molecule has 0 aromatic rings. The van der Waals surface area contributed by atoms with Gasteiger partial charge in [0.15, 0.2) is 0 Å². The fourth-order valence-electron chi connectivity index (χ4n) is 2.55. The van der Waals surface area contributed by atoms with Gasteiger partial charge in [0.05, 0.1) is 6.04 Å². The summed E-state index contributed by atoms with van der Waals surface area (Å²) in [6.07, 6.45) is 0. The van der Waals surface area contributed by atoms with Crippen LogP contribution < -0.4 is 5.32 Å². The number of nitrogens with one attached hydrogen (secondary N) is 1. The highest BCUT2D eigenvalue weighted by molar-refractivity contribution is 5.07. The van der Waals surface area contributed by atoms with Crippen LogP contribution in [0, 0.1) is 5.92 Å². The van der Waals surface area contributed by atoms with E-state index < -0.39 is 17.9 Å². The van der Waals surface area contributed by atoms with Crippen molar-refractivity contribution in [3.05, 3.63) is 0 Å². The number of fused-ring (bicyclic) bond motifs is 2. The predicted octanol–water partition coefficient (Wildman–Crippen LogP) is 1.32. The van der Waals surface area contributed by atoms with E-state index in [0.717, 1.165) is 0 Å². The Morgan fingerprint density at radius 1 is 1.29 bits per heavy atom. The van der Waals surface area contributed by atoms with Crippen LogP contribution in [0.3, 0.4) is 0 Å². The first-order valence-electron chi connectivity index (χ1n) is 5.19. The van der Waals surface area contributed by atoms with E-state index in [1.807, 2.05) is 25.7 Å². The third-order valence-corrected chi connectivity index (χ3v) is 3.37. The molecule has 14 heavy (non-hydrogen) atoms. The van der Waals surface area contributed by atoms with Crippen molar-refractivity contribution in [2.24, 2.45) is 5.92 Å². The summed E-state index contributed by atoms with van der Waals surface area (Å²) in [4.78, 5) is 1.94. The van der Waals surface area contributed by atoms with Crippen LogP contribution in [0.2, 0.25) is 0 Å². The fourth-order valence-corrected chi connectivity index (χ4v) is 2.55. The molecular weight excluding hydrogens is 186 g/mol. The minimum atomic E-state index is -2.50. The zero-order valence-electron chi connectivity index (χ0n) is 8.98. The maximum Gasteiger partial charge on any atom is 0.269 e. The Balaban J connectivity index is 2.26. The van der Waals surface area contributed by atoms with E-state index in [1.54, 1.807) is 0 Å². The first-order chi connectivity index (χ1) is 6.33. The zero-order chi connectivity index (χ0) is 10.6. The summed E-state index contributed by atoms with van der Waals surface area (Å²) in [5, 5.41) is 3.08. The first-order valence-corrected chi connectivity index (χ1v) is 5.19. The van der Waals surface area contributed by atoms with Gasteiger partial charge in [0, 0.05) is 31.1 Å². The van der Waals surface area contributed by atoms with Crippen LogP contribution in [0.4, 0.5) is 8.78 Å². The highest BCUT2D eigenvalue weighted by atomic mass is 19.3. The van der Waals surface area contributed by atoms with Crippen molar-refractivity contribution < 1.29 is 8.78 Å². The molecule has 0 aromatic carbocycles. The Hall–Kier alpha value is -0.220. The van der Waals surface area contributed by atoms with Gasteiger partial charge in [0.1, 0.15) is 0 Å². The SMILES string of the molecule is CC(C)(C)N1CC2CNCC1C2(F)F. The summed E-state index contributed by atoms with van der Waals surface area (Å²) in [5.41, 5.74) is -0.158. The second kappa shape index (κ2) is 2.89. The average Bonchev–Trinajstić information content (AvgIpc) is 2.23. The lowest BCUT2D eigenvalue weighted by molar-refractivity contribution is -0.0848. The van der Waals surface area contributed by atoms with Gasteiger partial charge in [0.25, 0.3) is 5.92 Å². The van der Waals surface area contributed by atoms with Gasteiger partial charge < -0.3 is 5.32 Å². The van der Waals surface area contributed by atoms with Gasteiger partial charge >= 0.3 is 0 Å². The van der Waals surface area contributed by atoms with Crippen molar-refractivity contribution in [1.82, 2.24) is 10.2 Å². The van der Waals surface area contributed by atoms with Crippen LogP contribution in [0.15, 0.2) is 0 Å². The van der Waals surface area contributed by atoms with Crippen molar-refractivity contribution in [2.45, 2.75) is 38.3 Å². The number of likely N-dealkylation sites (tertiary alicyclic amines) is 1. The highest BCUT2D eigenvalue weighted by Gasteiger charge is 2.59. The molecule has 2 nitrogen and oxygen atoms in total. The lowest BCUT2D eigenvalue weighted by Crippen LogP contribution is -2.56. The van der Waals surface area contributed by atoms with Crippen molar-refractivity contribution in [3.63, 3.8) is 0 Å². The molecule has 0 amide bonds. The number of halogens is 2. The van der Waals surface area contributed by atoms with Gasteiger partial charge in [-0.25, -0.2) is 8.78 Å². The van der Waals surface area contributed by atoms with Crippen LogP contribution in [0.1, 0.15) is 20.8 Å². The number of nitrogens with zero attached hydrogens (tertiary/aromatic N) is 1. The van der Waals surface area contributed by atoms with Gasteiger partial charge in [-0.2, -0.15) is 0 Å². The summed E-state index contributed by atoms with van der Waals surface area (Å²) in [7, 11) is 0. The third-order valence-electron chi connectivity index (χ3n) is 3.37. The monoisotopic (exact) mass is 204 g/mol. The van der Waals surface area contributed by atoms with Crippen molar-refractivity contribution >= 4 is 0 Å². The summed E-state index contributed by atoms with van der Waals surface area (Å²) < 4.78 is 27.5. The van der Waals surface area contributed by atoms with Crippen LogP contribution in [0.25, 0.3) is 0 Å². The zero-order valence-corrected chi connectivity index (χ0v) is 8.98. The van der Waals surface area contributed by atoms with Gasteiger partial charge in [-0.1, -0.05) is 0 Å². The van der Waals surface area contributed by atoms with E-state index in [-0.39, 0.29) is 5.54 Å². The number of hydrogen-bond donors (Lipinski definition) is 1. The molecule has 0 aromatic heterocycles. The van der Waals surface area contributed by atoms with Crippen molar-refractivity contribution in [1.29, 1.82) is 0 Å². The molecule has 0 spiro atoms. The molecule has 2 atom stereocenters. The van der Waals surface area contributed by atoms with Gasteiger partial charge in [-0.15, -0.1) is 0 Å². The molecule has 2 rings (SSSR count). The molecular formula is C10H18F2N2. The lowest BCUT2D eigenvalue weighted by Gasteiger charge is -2.38. The summed E-state index contributed by atoms with van der Waals surface area (Å²) in [6.45, 7) is 7.41. The Morgan fingerprint density at radius 2 is 1.93 bits per heavy atom. The number of alkyl halides is 2. The highest BCUT2D eigenvalue weighted by Crippen LogP contribution is 2.43. The van der Waals surface area contributed by atoms with Crippen LogP contribution in [0.5, 0.6) is 0 Å². The molecule has 2 aliphatic heterocycles. The number of piperidine rings is 1. The lowest BCUT2D eigenvalue weighted by atomic mass is 9.96. The molecule has 0 saturated carbocycles. The van der Waals surface area contributed by atoms with Gasteiger partial charge in [-0.05, 0) is 20.8 Å². The fraction of sp³-hybridized carbons (Fsp3) is 1.00. The Kier molecular flexibility index (Phi) is 2.13. The maximum atomic E-state index is 13.8. The third kappa shape index (κ3) is 1.36. The number of rotatable bonds is 0. The topological polar surface area (TPSA) is 15.3 Å². The van der Waals surface area contributed by atoms with Crippen LogP contribution in [-0.4, -0.2) is 42.0 Å². The summed E-state index contributed by atoms with van der Waals surface area (Å²) in [5.74, 6) is -3.00. The van der Waals surface area contributed by atoms with E-state index in [9.17, 15) is 8.78 Å². The smallest absolute Gasteiger partial charge is 0.269 e. The standard InChI is InChI=1S/C10H18F2N2/c1-9(2,3)14-6-7-4-13-5-8(14)10(7,11)12/h7-8,13H,4-6H2,1-3H3. The molecule has 2 bridgehead atoms. The Labute approximate surface area is 83.7 Å². The molecule has 2 aliphatic rings. The number of hydrogen-bond acceptors (Lipinski definition) is 2. The molecule has 2 heterocycles. The van der Waals surface area contributed by atoms with E-state index in [2.05, 4.69) is 5.32 Å². The summed E-state index contributed by atoms with van der Waals surface area (Å²) in [6, 6.07) is -0.610. The molecule has 4 heteroatoms. The second-order valence-electron chi connectivity index (χ2n) is 5.37. The molecule has 2 saturated heterocycles. The van der Waals surface area contributed by atoms with Crippen molar-refractivity contribution in [2.75, 3.05) is 19.6 Å². The van der Waals surface area contributed by atoms with Gasteiger partial charge in [-0.3, -0.25) is 4.90 Å². The minimum absolute atomic E-state index is 0.158. The quantitative estimate of drug-likeness (QED) is 0.640. The molecule has 82 valence electrons. The predicted molar refractivity (Wildman–Crippen MR) is 51.6 cm³/mol. The van der Waals surface area contributed by atoms with E-state index in [1.165, 1.54) is 0 Å². The molecule has 1 N–H and O–H groups in total. The average molecular weight is 204 g/mol. The summed E-state index contributed by atoms with van der Waals surface area (Å²) >= 11 is 0. The normalized spacial score (nSPS) is 37.5. The van der Waals surface area contributed by atoms with Crippen LogP contribution >= 0.6 is 0 Å². The van der Waals surface area contributed by atoms with E-state index in [4.69, 9.17) is 0 Å². The van der Waals surface area contributed by atoms with E-state index >= 15 is 0 Å². The molecule has 2 fully saturated rings. The van der Waals surface area contributed by atoms with E-state index in [0.29, 0.717) is 19.6 Å². The first kappa shape index (κ1) is 10.3. The maximum absolute atomic E-state index is 13.8. The second-order valence-corrected chi connectivity index (χ2v) is 5.37. The molecule has 0 aliphatic carbocycles. The minimum Gasteiger partial charge on any atom is -0.314 e. The Bertz CT molecular complexity index is 235. The Morgan fingerprint density at radius 3 is 2.43 bits per heavy atom. The van der Waals surface area contributed by atoms with Crippen molar-refractivity contribution in [3.8, 4) is 0 Å². The van der Waals surface area contributed by atoms with Gasteiger partial charge in [0.2, 0.25) is 0 Å². The largest absolute Gasteiger partial charge is 0.314 e. The molecule has 0 radical (unpaired) electrons.